The van der Waals surface area contributed by atoms with Gasteiger partial charge in [-0.15, -0.1) is 11.3 Å². The largest absolute Gasteiger partial charge is 0.350 e. The molecule has 1 aromatic heterocycles. The van der Waals surface area contributed by atoms with E-state index in [1.165, 1.54) is 23.5 Å². The number of hydrogen-bond acceptors (Lipinski definition) is 4. The van der Waals surface area contributed by atoms with E-state index in [0.717, 1.165) is 16.1 Å². The minimum atomic E-state index is -0.345. The number of aromatic amines is 1. The zero-order valence-corrected chi connectivity index (χ0v) is 15.5. The Morgan fingerprint density at radius 3 is 2.72 bits per heavy atom. The highest BCUT2D eigenvalue weighted by Gasteiger charge is 2.39. The van der Waals surface area contributed by atoms with Crippen LogP contribution in [0.1, 0.15) is 28.6 Å². The van der Waals surface area contributed by atoms with Gasteiger partial charge < -0.3 is 15.2 Å². The third-order valence-corrected chi connectivity index (χ3v) is 5.73. The van der Waals surface area contributed by atoms with E-state index in [0.29, 0.717) is 3.95 Å². The molecule has 132 valence electrons. The maximum atomic E-state index is 13.2. The predicted molar refractivity (Wildman–Crippen MR) is 96.4 cm³/mol. The van der Waals surface area contributed by atoms with E-state index in [4.69, 9.17) is 12.2 Å². The zero-order chi connectivity index (χ0) is 18.1. The molecule has 2 heterocycles. The number of nitrogens with one attached hydrogen (secondary N) is 2. The summed E-state index contributed by atoms with van der Waals surface area (Å²) in [5.74, 6) is -0.540. The number of benzene rings is 1. The van der Waals surface area contributed by atoms with Gasteiger partial charge in [0.25, 0.3) is 0 Å². The first kappa shape index (κ1) is 17.8. The molecule has 2 atom stereocenters. The summed E-state index contributed by atoms with van der Waals surface area (Å²) in [7, 11) is 1.70. The molecule has 2 aromatic rings. The highest BCUT2D eigenvalue weighted by Crippen LogP contribution is 2.32. The summed E-state index contributed by atoms with van der Waals surface area (Å²) in [6, 6.07) is 5.37. The van der Waals surface area contributed by atoms with E-state index < -0.39 is 0 Å². The van der Waals surface area contributed by atoms with Crippen molar-refractivity contribution in [2.45, 2.75) is 31.8 Å². The summed E-state index contributed by atoms with van der Waals surface area (Å²) in [6.07, 6.45) is 0.445. The van der Waals surface area contributed by atoms with Crippen LogP contribution in [0.2, 0.25) is 0 Å². The molecule has 0 aliphatic carbocycles. The minimum absolute atomic E-state index is 0.0480. The van der Waals surface area contributed by atoms with Gasteiger partial charge >= 0.3 is 0 Å². The highest BCUT2D eigenvalue weighted by atomic mass is 32.1. The first-order valence-corrected chi connectivity index (χ1v) is 9.06. The number of thiazole rings is 1. The third kappa shape index (κ3) is 3.80. The second kappa shape index (κ2) is 7.05. The number of rotatable bonds is 4. The molecule has 0 saturated carbocycles. The van der Waals surface area contributed by atoms with Gasteiger partial charge in [-0.2, -0.15) is 0 Å². The number of amides is 2. The lowest BCUT2D eigenvalue weighted by Crippen LogP contribution is -2.39. The van der Waals surface area contributed by atoms with E-state index in [1.54, 1.807) is 24.1 Å². The molecule has 2 amide bonds. The van der Waals surface area contributed by atoms with Crippen molar-refractivity contribution in [2.75, 3.05) is 7.05 Å². The maximum absolute atomic E-state index is 13.2. The van der Waals surface area contributed by atoms with Crippen molar-refractivity contribution in [1.29, 1.82) is 0 Å². The van der Waals surface area contributed by atoms with Crippen molar-refractivity contribution < 1.29 is 14.0 Å². The summed E-state index contributed by atoms with van der Waals surface area (Å²) in [5, 5.41) is 2.95. The lowest BCUT2D eigenvalue weighted by Gasteiger charge is -2.26. The monoisotopic (exact) mass is 379 g/mol. The van der Waals surface area contributed by atoms with Crippen LogP contribution in [-0.2, 0) is 16.0 Å². The summed E-state index contributed by atoms with van der Waals surface area (Å²) in [4.78, 5) is 30.1. The maximum Gasteiger partial charge on any atom is 0.225 e. The SMILES string of the molecule is Cc1[nH]c(=S)sc1CC(=O)N[C@@H]1CC(=O)N(C)[C@H]1c1ccc(F)cc1. The average Bonchev–Trinajstić information content (AvgIpc) is 2.99. The van der Waals surface area contributed by atoms with Crippen molar-refractivity contribution in [1.82, 2.24) is 15.2 Å². The fourth-order valence-corrected chi connectivity index (χ4v) is 4.41. The number of hydrogen-bond donors (Lipinski definition) is 2. The molecule has 8 heteroatoms. The van der Waals surface area contributed by atoms with Gasteiger partial charge in [0.15, 0.2) is 3.95 Å². The Labute approximate surface area is 153 Å². The first-order valence-electron chi connectivity index (χ1n) is 7.84. The molecule has 0 radical (unpaired) electrons. The predicted octanol–water partition coefficient (Wildman–Crippen LogP) is 2.88. The van der Waals surface area contributed by atoms with Gasteiger partial charge in [-0.25, -0.2) is 4.39 Å². The van der Waals surface area contributed by atoms with Crippen LogP contribution in [0.3, 0.4) is 0 Å². The van der Waals surface area contributed by atoms with E-state index in [-0.39, 0.29) is 42.6 Å². The molecule has 1 aromatic carbocycles. The Kier molecular flexibility index (Phi) is 5.01. The third-order valence-electron chi connectivity index (χ3n) is 4.39. The Bertz CT molecular complexity index is 860. The molecule has 2 N–H and O–H groups in total. The van der Waals surface area contributed by atoms with Crippen LogP contribution in [0.4, 0.5) is 4.39 Å². The smallest absolute Gasteiger partial charge is 0.225 e. The van der Waals surface area contributed by atoms with Crippen LogP contribution >= 0.6 is 23.6 Å². The average molecular weight is 379 g/mol. The number of H-pyrrole nitrogens is 1. The summed E-state index contributed by atoms with van der Waals surface area (Å²) in [6.45, 7) is 1.88. The van der Waals surface area contributed by atoms with Crippen molar-refractivity contribution in [3.8, 4) is 0 Å². The molecule has 1 fully saturated rings. The molecule has 25 heavy (non-hydrogen) atoms. The van der Waals surface area contributed by atoms with Crippen LogP contribution in [0, 0.1) is 16.7 Å². The molecule has 1 aliphatic rings. The normalized spacial score (nSPS) is 20.1. The van der Waals surface area contributed by atoms with Gasteiger partial charge in [-0.1, -0.05) is 12.1 Å². The molecular formula is C17H18FN3O2S2. The number of aryl methyl sites for hydroxylation is 1. The van der Waals surface area contributed by atoms with E-state index in [2.05, 4.69) is 10.3 Å². The lowest BCUT2D eigenvalue weighted by molar-refractivity contribution is -0.127. The number of likely N-dealkylation sites (N-methyl/N-ethyl adjacent to an activating group) is 1. The van der Waals surface area contributed by atoms with Crippen LogP contribution < -0.4 is 5.32 Å². The van der Waals surface area contributed by atoms with Crippen molar-refractivity contribution in [2.24, 2.45) is 0 Å². The van der Waals surface area contributed by atoms with Crippen LogP contribution in [-0.4, -0.2) is 34.8 Å². The van der Waals surface area contributed by atoms with Gasteiger partial charge in [-0.3, -0.25) is 9.59 Å². The number of halogens is 1. The number of carbonyl (C=O) groups is 2. The number of likely N-dealkylation sites (tertiary alicyclic amines) is 1. The number of nitrogens with zero attached hydrogens (tertiary/aromatic N) is 1. The summed E-state index contributed by atoms with van der Waals surface area (Å²) >= 11 is 6.47. The molecule has 0 spiro atoms. The van der Waals surface area contributed by atoms with E-state index in [9.17, 15) is 14.0 Å². The van der Waals surface area contributed by atoms with Gasteiger partial charge in [0, 0.05) is 24.0 Å². The molecule has 3 rings (SSSR count). The molecular weight excluding hydrogens is 361 g/mol. The van der Waals surface area contributed by atoms with Crippen molar-refractivity contribution in [3.05, 3.63) is 50.2 Å². The minimum Gasteiger partial charge on any atom is -0.350 e. The van der Waals surface area contributed by atoms with Crippen LogP contribution in [0.15, 0.2) is 24.3 Å². The Balaban J connectivity index is 1.76. The highest BCUT2D eigenvalue weighted by molar-refractivity contribution is 7.73. The topological polar surface area (TPSA) is 65.2 Å². The van der Waals surface area contributed by atoms with Gasteiger partial charge in [0.05, 0.1) is 18.5 Å². The van der Waals surface area contributed by atoms with Crippen LogP contribution in [0.5, 0.6) is 0 Å². The Morgan fingerprint density at radius 1 is 1.44 bits per heavy atom. The Morgan fingerprint density at radius 2 is 2.12 bits per heavy atom. The quantitative estimate of drug-likeness (QED) is 0.803. The van der Waals surface area contributed by atoms with Crippen LogP contribution in [0.25, 0.3) is 0 Å². The summed E-state index contributed by atoms with van der Waals surface area (Å²) < 4.78 is 13.8. The van der Waals surface area contributed by atoms with Crippen molar-refractivity contribution >= 4 is 35.4 Å². The first-order chi connectivity index (χ1) is 11.8. The second-order valence-electron chi connectivity index (χ2n) is 6.12. The Hall–Kier alpha value is -2.06. The number of carbonyl (C=O) groups excluding carboxylic acids is 2. The van der Waals surface area contributed by atoms with E-state index in [1.807, 2.05) is 6.92 Å². The van der Waals surface area contributed by atoms with Gasteiger partial charge in [0.2, 0.25) is 11.8 Å². The van der Waals surface area contributed by atoms with Crippen molar-refractivity contribution in [3.63, 3.8) is 0 Å². The fraction of sp³-hybridized carbons (Fsp3) is 0.353. The molecule has 5 nitrogen and oxygen atoms in total. The molecule has 1 aliphatic heterocycles. The van der Waals surface area contributed by atoms with E-state index >= 15 is 0 Å². The second-order valence-corrected chi connectivity index (χ2v) is 7.89. The fourth-order valence-electron chi connectivity index (χ4n) is 3.12. The number of aromatic nitrogens is 1. The molecule has 0 unspecified atom stereocenters. The van der Waals surface area contributed by atoms with Gasteiger partial charge in [-0.05, 0) is 36.8 Å². The molecule has 1 saturated heterocycles. The summed E-state index contributed by atoms with van der Waals surface area (Å²) in [5.41, 5.74) is 1.69. The zero-order valence-electron chi connectivity index (χ0n) is 13.8. The lowest BCUT2D eigenvalue weighted by atomic mass is 10.00. The molecule has 0 bridgehead atoms. The standard InChI is InChI=1S/C17H18FN3O2S2/c1-9-13(25-17(24)19-9)8-14(22)20-12-7-15(23)21(2)16(12)10-3-5-11(18)6-4-10/h3-6,12,16H,7-8H2,1-2H3,(H,19,24)(H,20,22)/t12-,16+/m1/s1. The van der Waals surface area contributed by atoms with Gasteiger partial charge in [0.1, 0.15) is 5.82 Å².